The molecule has 2 nitrogen and oxygen atoms in total. The normalized spacial score (nSPS) is 11.9. The van der Waals surface area contributed by atoms with Crippen molar-refractivity contribution in [3.8, 4) is 11.3 Å². The van der Waals surface area contributed by atoms with Crippen molar-refractivity contribution in [1.29, 1.82) is 0 Å². The van der Waals surface area contributed by atoms with E-state index in [0.29, 0.717) is 0 Å². The monoisotopic (exact) mass is 262 g/mol. The van der Waals surface area contributed by atoms with Crippen LogP contribution in [0.3, 0.4) is 0 Å². The van der Waals surface area contributed by atoms with Crippen molar-refractivity contribution in [3.05, 3.63) is 41.6 Å². The number of benzene rings is 1. The number of halogens is 5. The number of alkyl halides is 3. The molecule has 2 aromatic rings. The Morgan fingerprint density at radius 2 is 1.72 bits per heavy atom. The number of aromatic nitrogens is 2. The number of hydrogen-bond acceptors (Lipinski definition) is 1. The van der Waals surface area contributed by atoms with Crippen molar-refractivity contribution in [2.24, 2.45) is 7.05 Å². The summed E-state index contributed by atoms with van der Waals surface area (Å²) >= 11 is 0. The van der Waals surface area contributed by atoms with Gasteiger partial charge in [-0.3, -0.25) is 4.68 Å². The third kappa shape index (κ3) is 2.20. The molecule has 0 unspecified atom stereocenters. The maximum atomic E-state index is 13.0. The molecule has 18 heavy (non-hydrogen) atoms. The first-order valence-corrected chi connectivity index (χ1v) is 4.85. The van der Waals surface area contributed by atoms with Crippen LogP contribution in [0.1, 0.15) is 5.69 Å². The molecule has 0 spiro atoms. The van der Waals surface area contributed by atoms with Crippen LogP contribution < -0.4 is 0 Å². The molecule has 0 N–H and O–H groups in total. The molecule has 0 bridgehead atoms. The summed E-state index contributed by atoms with van der Waals surface area (Å²) in [5.41, 5.74) is -0.898. The van der Waals surface area contributed by atoms with Crippen LogP contribution in [0.25, 0.3) is 11.3 Å². The van der Waals surface area contributed by atoms with Crippen molar-refractivity contribution in [3.63, 3.8) is 0 Å². The quantitative estimate of drug-likeness (QED) is 0.720. The van der Waals surface area contributed by atoms with Gasteiger partial charge in [0.25, 0.3) is 0 Å². The van der Waals surface area contributed by atoms with Gasteiger partial charge in [0.1, 0.15) is 0 Å². The molecule has 0 saturated carbocycles. The molecule has 0 atom stereocenters. The van der Waals surface area contributed by atoms with Crippen LogP contribution in [-0.4, -0.2) is 9.78 Å². The average Bonchev–Trinajstić information content (AvgIpc) is 2.64. The second-order valence-electron chi connectivity index (χ2n) is 3.67. The summed E-state index contributed by atoms with van der Waals surface area (Å²) in [6, 6.07) is 3.65. The SMILES string of the molecule is Cn1nc(C(F)(F)F)cc1-c1ccc(F)c(F)c1. The third-order valence-electron chi connectivity index (χ3n) is 2.39. The molecule has 0 fully saturated rings. The van der Waals surface area contributed by atoms with Gasteiger partial charge in [-0.1, -0.05) is 0 Å². The van der Waals surface area contributed by atoms with Crippen LogP contribution in [0.5, 0.6) is 0 Å². The van der Waals surface area contributed by atoms with E-state index in [2.05, 4.69) is 5.10 Å². The van der Waals surface area contributed by atoms with Crippen LogP contribution >= 0.6 is 0 Å². The fourth-order valence-corrected chi connectivity index (χ4v) is 1.53. The van der Waals surface area contributed by atoms with Crippen molar-refractivity contribution in [2.75, 3.05) is 0 Å². The van der Waals surface area contributed by atoms with Crippen LogP contribution in [0, 0.1) is 11.6 Å². The van der Waals surface area contributed by atoms with Crippen molar-refractivity contribution in [1.82, 2.24) is 9.78 Å². The number of aryl methyl sites for hydroxylation is 1. The Hall–Kier alpha value is -1.92. The second-order valence-corrected chi connectivity index (χ2v) is 3.67. The predicted octanol–water partition coefficient (Wildman–Crippen LogP) is 3.38. The molecular weight excluding hydrogens is 255 g/mol. The summed E-state index contributed by atoms with van der Waals surface area (Å²) in [7, 11) is 1.30. The minimum Gasteiger partial charge on any atom is -0.267 e. The summed E-state index contributed by atoms with van der Waals surface area (Å²) in [6.07, 6.45) is -4.57. The minimum atomic E-state index is -4.57. The summed E-state index contributed by atoms with van der Waals surface area (Å²) in [5, 5.41) is 3.29. The van der Waals surface area contributed by atoms with Gasteiger partial charge in [0, 0.05) is 12.6 Å². The Labute approximate surface area is 98.7 Å². The lowest BCUT2D eigenvalue weighted by Gasteiger charge is -2.01. The van der Waals surface area contributed by atoms with Gasteiger partial charge in [0.05, 0.1) is 5.69 Å². The zero-order valence-electron chi connectivity index (χ0n) is 9.09. The van der Waals surface area contributed by atoms with Gasteiger partial charge >= 0.3 is 6.18 Å². The highest BCUT2D eigenvalue weighted by molar-refractivity contribution is 5.60. The molecule has 1 heterocycles. The zero-order valence-corrected chi connectivity index (χ0v) is 9.09. The molecule has 0 aliphatic heterocycles. The first-order valence-electron chi connectivity index (χ1n) is 4.85. The van der Waals surface area contributed by atoms with Crippen molar-refractivity contribution in [2.45, 2.75) is 6.18 Å². The highest BCUT2D eigenvalue weighted by atomic mass is 19.4. The topological polar surface area (TPSA) is 17.8 Å². The van der Waals surface area contributed by atoms with Crippen molar-refractivity contribution >= 4 is 0 Å². The number of rotatable bonds is 1. The van der Waals surface area contributed by atoms with Gasteiger partial charge < -0.3 is 0 Å². The summed E-state index contributed by atoms with van der Waals surface area (Å²) in [5.74, 6) is -2.18. The third-order valence-corrected chi connectivity index (χ3v) is 2.39. The highest BCUT2D eigenvalue weighted by Crippen LogP contribution is 2.31. The minimum absolute atomic E-state index is 0.0567. The van der Waals surface area contributed by atoms with E-state index in [9.17, 15) is 22.0 Å². The summed E-state index contributed by atoms with van der Waals surface area (Å²) in [4.78, 5) is 0. The van der Waals surface area contributed by atoms with Crippen LogP contribution in [0.15, 0.2) is 24.3 Å². The van der Waals surface area contributed by atoms with Crippen LogP contribution in [0.4, 0.5) is 22.0 Å². The Morgan fingerprint density at radius 1 is 1.06 bits per heavy atom. The van der Waals surface area contributed by atoms with E-state index in [1.807, 2.05) is 0 Å². The molecule has 96 valence electrons. The zero-order chi connectivity index (χ0) is 13.5. The number of nitrogens with zero attached hydrogens (tertiary/aromatic N) is 2. The fourth-order valence-electron chi connectivity index (χ4n) is 1.53. The van der Waals surface area contributed by atoms with Gasteiger partial charge in [-0.25, -0.2) is 8.78 Å². The van der Waals surface area contributed by atoms with E-state index in [1.54, 1.807) is 0 Å². The average molecular weight is 262 g/mol. The smallest absolute Gasteiger partial charge is 0.267 e. The lowest BCUT2D eigenvalue weighted by Crippen LogP contribution is -2.06. The van der Waals surface area contributed by atoms with Gasteiger partial charge in [-0.2, -0.15) is 18.3 Å². The molecule has 1 aromatic heterocycles. The maximum absolute atomic E-state index is 13.0. The van der Waals surface area contributed by atoms with E-state index < -0.39 is 23.5 Å². The summed E-state index contributed by atoms with van der Waals surface area (Å²) < 4.78 is 64.0. The summed E-state index contributed by atoms with van der Waals surface area (Å²) in [6.45, 7) is 0. The van der Waals surface area contributed by atoms with Gasteiger partial charge in [0.15, 0.2) is 17.3 Å². The molecule has 1 aromatic carbocycles. The first kappa shape index (κ1) is 12.5. The van der Waals surface area contributed by atoms with Crippen LogP contribution in [-0.2, 0) is 13.2 Å². The second kappa shape index (κ2) is 4.08. The van der Waals surface area contributed by atoms with Crippen molar-refractivity contribution < 1.29 is 22.0 Å². The van der Waals surface area contributed by atoms with E-state index in [0.717, 1.165) is 22.9 Å². The molecule has 0 amide bonds. The van der Waals surface area contributed by atoms with E-state index in [-0.39, 0.29) is 11.3 Å². The van der Waals surface area contributed by atoms with E-state index >= 15 is 0 Å². The molecule has 0 radical (unpaired) electrons. The van der Waals surface area contributed by atoms with Crippen LogP contribution in [0.2, 0.25) is 0 Å². The molecule has 7 heteroatoms. The molecule has 0 aliphatic carbocycles. The van der Waals surface area contributed by atoms with E-state index in [4.69, 9.17) is 0 Å². The Morgan fingerprint density at radius 3 is 2.22 bits per heavy atom. The first-order chi connectivity index (χ1) is 8.29. The Balaban J connectivity index is 2.51. The van der Waals surface area contributed by atoms with Gasteiger partial charge in [-0.05, 0) is 24.3 Å². The lowest BCUT2D eigenvalue weighted by atomic mass is 10.1. The van der Waals surface area contributed by atoms with Gasteiger partial charge in [-0.15, -0.1) is 0 Å². The lowest BCUT2D eigenvalue weighted by molar-refractivity contribution is -0.141. The molecule has 0 aliphatic rings. The largest absolute Gasteiger partial charge is 0.435 e. The standard InChI is InChI=1S/C11H7F5N2/c1-18-9(5-10(17-18)11(14,15)16)6-2-3-7(12)8(13)4-6/h2-5H,1H3. The van der Waals surface area contributed by atoms with E-state index in [1.165, 1.54) is 13.1 Å². The maximum Gasteiger partial charge on any atom is 0.435 e. The van der Waals surface area contributed by atoms with Gasteiger partial charge in [0.2, 0.25) is 0 Å². The fraction of sp³-hybridized carbons (Fsp3) is 0.182. The predicted molar refractivity (Wildman–Crippen MR) is 53.6 cm³/mol. The molecular formula is C11H7F5N2. The Kier molecular flexibility index (Phi) is 2.84. The highest BCUT2D eigenvalue weighted by Gasteiger charge is 2.34. The molecule has 0 saturated heterocycles. The Bertz CT molecular complexity index is 586. The number of hydrogen-bond donors (Lipinski definition) is 0. The molecule has 2 rings (SSSR count).